The summed E-state index contributed by atoms with van der Waals surface area (Å²) < 4.78 is 10.1. The van der Waals surface area contributed by atoms with Gasteiger partial charge in [-0.25, -0.2) is 9.59 Å². The molecule has 19 heavy (non-hydrogen) atoms. The van der Waals surface area contributed by atoms with Crippen LogP contribution < -0.4 is 5.32 Å². The largest absolute Gasteiger partial charge is 0.479 e. The van der Waals surface area contributed by atoms with Crippen molar-refractivity contribution in [3.63, 3.8) is 0 Å². The van der Waals surface area contributed by atoms with Crippen LogP contribution in [-0.4, -0.2) is 42.0 Å². The first-order valence-corrected chi connectivity index (χ1v) is 6.44. The maximum absolute atomic E-state index is 11.4. The fourth-order valence-electron chi connectivity index (χ4n) is 2.20. The summed E-state index contributed by atoms with van der Waals surface area (Å²) >= 11 is 0. The number of aliphatic carboxylic acids is 1. The Bertz CT molecular complexity index is 341. The molecule has 0 heterocycles. The Morgan fingerprint density at radius 3 is 2.37 bits per heavy atom. The fourth-order valence-corrected chi connectivity index (χ4v) is 2.20. The minimum Gasteiger partial charge on any atom is -0.479 e. The predicted molar refractivity (Wildman–Crippen MR) is 69.0 cm³/mol. The van der Waals surface area contributed by atoms with Crippen LogP contribution in [0, 0.1) is 5.92 Å². The van der Waals surface area contributed by atoms with Crippen molar-refractivity contribution < 1.29 is 24.2 Å². The molecule has 0 aliphatic heterocycles. The molecule has 0 aromatic carbocycles. The number of nitrogens with one attached hydrogen (secondary N) is 1. The van der Waals surface area contributed by atoms with Crippen LogP contribution in [0.3, 0.4) is 0 Å². The van der Waals surface area contributed by atoms with E-state index in [2.05, 4.69) is 5.32 Å². The first kappa shape index (κ1) is 15.8. The zero-order valence-electron chi connectivity index (χ0n) is 12.0. The maximum Gasteiger partial charge on any atom is 0.407 e. The van der Waals surface area contributed by atoms with Crippen molar-refractivity contribution in [3.05, 3.63) is 0 Å². The molecular weight excluding hydrogens is 250 g/mol. The molecule has 0 unspecified atom stereocenters. The highest BCUT2D eigenvalue weighted by Crippen LogP contribution is 2.42. The number of hydrogen-bond acceptors (Lipinski definition) is 4. The van der Waals surface area contributed by atoms with E-state index in [0.717, 1.165) is 6.42 Å². The van der Waals surface area contributed by atoms with Crippen molar-refractivity contribution in [2.75, 3.05) is 13.7 Å². The van der Waals surface area contributed by atoms with Crippen molar-refractivity contribution >= 4 is 12.1 Å². The zero-order chi connectivity index (χ0) is 14.7. The predicted octanol–water partition coefficient (Wildman–Crippen LogP) is 1.78. The summed E-state index contributed by atoms with van der Waals surface area (Å²) in [5.41, 5.74) is -1.52. The lowest BCUT2D eigenvalue weighted by atomic mass is 9.69. The van der Waals surface area contributed by atoms with E-state index in [1.165, 1.54) is 7.11 Å². The fraction of sp³-hybridized carbons (Fsp3) is 0.846. The van der Waals surface area contributed by atoms with E-state index >= 15 is 0 Å². The van der Waals surface area contributed by atoms with Gasteiger partial charge >= 0.3 is 12.1 Å². The molecular formula is C13H23NO5. The minimum absolute atomic E-state index is 0.269. The molecule has 1 aliphatic rings. The third-order valence-corrected chi connectivity index (χ3v) is 3.24. The lowest BCUT2D eigenvalue weighted by Gasteiger charge is -2.43. The number of carbonyl (C=O) groups is 2. The lowest BCUT2D eigenvalue weighted by Crippen LogP contribution is -2.52. The molecule has 0 aromatic heterocycles. The van der Waals surface area contributed by atoms with E-state index in [0.29, 0.717) is 19.4 Å². The second kappa shape index (κ2) is 5.77. The number of hydrogen-bond donors (Lipinski definition) is 2. The highest BCUT2D eigenvalue weighted by atomic mass is 16.6. The summed E-state index contributed by atoms with van der Waals surface area (Å²) in [4.78, 5) is 22.4. The number of carboxylic acid groups (broad SMARTS) is 1. The second-order valence-electron chi connectivity index (χ2n) is 6.00. The van der Waals surface area contributed by atoms with E-state index in [9.17, 15) is 9.59 Å². The first-order chi connectivity index (χ1) is 8.68. The Kier molecular flexibility index (Phi) is 4.79. The van der Waals surface area contributed by atoms with Crippen LogP contribution in [0.4, 0.5) is 4.79 Å². The number of methoxy groups -OCH3 is 1. The van der Waals surface area contributed by atoms with Crippen LogP contribution in [0.25, 0.3) is 0 Å². The van der Waals surface area contributed by atoms with Gasteiger partial charge in [0.2, 0.25) is 0 Å². The van der Waals surface area contributed by atoms with Gasteiger partial charge in [0.15, 0.2) is 5.60 Å². The number of carbonyl (C=O) groups excluding carboxylic acids is 1. The minimum atomic E-state index is -1.02. The summed E-state index contributed by atoms with van der Waals surface area (Å²) in [6.07, 6.45) is 1.28. The normalized spacial score (nSPS) is 26.4. The Morgan fingerprint density at radius 2 is 1.95 bits per heavy atom. The number of amides is 1. The summed E-state index contributed by atoms with van der Waals surface area (Å²) in [6, 6.07) is 0. The number of ether oxygens (including phenoxy) is 2. The SMILES string of the molecule is COC1(C(=O)O)CC(CCNC(=O)OC(C)(C)C)C1. The Morgan fingerprint density at radius 1 is 1.37 bits per heavy atom. The van der Waals surface area contributed by atoms with Gasteiger partial charge in [-0.2, -0.15) is 0 Å². The molecule has 0 spiro atoms. The van der Waals surface area contributed by atoms with Crippen LogP contribution in [0.15, 0.2) is 0 Å². The van der Waals surface area contributed by atoms with E-state index in [1.807, 2.05) is 0 Å². The van der Waals surface area contributed by atoms with Crippen molar-refractivity contribution in [3.8, 4) is 0 Å². The van der Waals surface area contributed by atoms with E-state index in [-0.39, 0.29) is 5.92 Å². The van der Waals surface area contributed by atoms with Gasteiger partial charge < -0.3 is 19.9 Å². The second-order valence-corrected chi connectivity index (χ2v) is 6.00. The average Bonchev–Trinajstić information content (AvgIpc) is 2.18. The van der Waals surface area contributed by atoms with Gasteiger partial charge in [-0.15, -0.1) is 0 Å². The molecule has 0 saturated heterocycles. The third-order valence-electron chi connectivity index (χ3n) is 3.24. The van der Waals surface area contributed by atoms with E-state index in [4.69, 9.17) is 14.6 Å². The molecule has 1 saturated carbocycles. The highest BCUT2D eigenvalue weighted by Gasteiger charge is 2.50. The van der Waals surface area contributed by atoms with Gasteiger partial charge in [0.25, 0.3) is 0 Å². The third kappa shape index (κ3) is 4.38. The highest BCUT2D eigenvalue weighted by molar-refractivity contribution is 5.78. The van der Waals surface area contributed by atoms with Crippen molar-refractivity contribution in [2.45, 2.75) is 51.2 Å². The number of alkyl carbamates (subject to hydrolysis) is 1. The van der Waals surface area contributed by atoms with E-state index in [1.54, 1.807) is 20.8 Å². The molecule has 0 atom stereocenters. The molecule has 0 bridgehead atoms. The topological polar surface area (TPSA) is 84.9 Å². The number of carboxylic acids is 1. The summed E-state index contributed by atoms with van der Waals surface area (Å²) in [7, 11) is 1.42. The summed E-state index contributed by atoms with van der Waals surface area (Å²) in [5.74, 6) is -0.641. The van der Waals surface area contributed by atoms with Gasteiger partial charge in [-0.1, -0.05) is 0 Å². The summed E-state index contributed by atoms with van der Waals surface area (Å²) in [5, 5.41) is 11.7. The number of rotatable bonds is 5. The molecule has 6 nitrogen and oxygen atoms in total. The van der Waals surface area contributed by atoms with Gasteiger partial charge in [-0.05, 0) is 46.0 Å². The zero-order valence-corrected chi connectivity index (χ0v) is 12.0. The molecule has 1 rings (SSSR count). The van der Waals surface area contributed by atoms with Crippen LogP contribution in [0.5, 0.6) is 0 Å². The summed E-state index contributed by atoms with van der Waals surface area (Å²) in [6.45, 7) is 5.90. The molecule has 6 heteroatoms. The van der Waals surface area contributed by atoms with Gasteiger partial charge in [0.1, 0.15) is 5.60 Å². The van der Waals surface area contributed by atoms with Crippen molar-refractivity contribution in [2.24, 2.45) is 5.92 Å². The van der Waals surface area contributed by atoms with Crippen molar-refractivity contribution in [1.82, 2.24) is 5.32 Å². The van der Waals surface area contributed by atoms with Gasteiger partial charge in [0, 0.05) is 13.7 Å². The quantitative estimate of drug-likeness (QED) is 0.797. The van der Waals surface area contributed by atoms with Crippen molar-refractivity contribution in [1.29, 1.82) is 0 Å². The van der Waals surface area contributed by atoms with Crippen LogP contribution in [0.2, 0.25) is 0 Å². The Labute approximate surface area is 113 Å². The average molecular weight is 273 g/mol. The molecule has 110 valence electrons. The smallest absolute Gasteiger partial charge is 0.407 e. The van der Waals surface area contributed by atoms with Crippen LogP contribution in [0.1, 0.15) is 40.0 Å². The first-order valence-electron chi connectivity index (χ1n) is 6.44. The molecule has 1 amide bonds. The monoisotopic (exact) mass is 273 g/mol. The molecule has 0 radical (unpaired) electrons. The van der Waals surface area contributed by atoms with Crippen LogP contribution >= 0.6 is 0 Å². The lowest BCUT2D eigenvalue weighted by molar-refractivity contribution is -0.181. The van der Waals surface area contributed by atoms with Gasteiger partial charge in [-0.3, -0.25) is 0 Å². The molecule has 0 aromatic rings. The maximum atomic E-state index is 11.4. The Hall–Kier alpha value is -1.30. The molecule has 1 fully saturated rings. The van der Waals surface area contributed by atoms with Crippen LogP contribution in [-0.2, 0) is 14.3 Å². The molecule has 2 N–H and O–H groups in total. The van der Waals surface area contributed by atoms with E-state index < -0.39 is 23.3 Å². The molecule has 1 aliphatic carbocycles. The standard InChI is InChI=1S/C13H23NO5/c1-12(2,3)19-11(17)14-6-5-9-7-13(8-9,18-4)10(15)16/h9H,5-8H2,1-4H3,(H,14,17)(H,15,16). The Balaban J connectivity index is 2.20. The van der Waals surface area contributed by atoms with Gasteiger partial charge in [0.05, 0.1) is 0 Å².